The molecule has 1 atom stereocenters. The number of rotatable bonds is 5. The summed E-state index contributed by atoms with van der Waals surface area (Å²) in [4.78, 5) is 16.6. The standard InChI is InChI=1S/C17H19F2N3O3S/c1-26(24)22-6-4-13(5-7-22)21-16(23)12-8-11-2-3-14(25-17(18)19)9-15(11)20-10-12/h2-3,8-10,13,17H,4-7H2,1H3,(H,21,23). The smallest absolute Gasteiger partial charge is 0.387 e. The van der Waals surface area contributed by atoms with Crippen LogP contribution in [0.2, 0.25) is 0 Å². The Balaban J connectivity index is 1.65. The molecule has 0 spiro atoms. The van der Waals surface area contributed by atoms with Crippen molar-refractivity contribution in [1.29, 1.82) is 0 Å². The number of carbonyl (C=O) groups is 1. The predicted molar refractivity (Wildman–Crippen MR) is 94.5 cm³/mol. The van der Waals surface area contributed by atoms with E-state index in [1.807, 2.05) is 4.31 Å². The van der Waals surface area contributed by atoms with Gasteiger partial charge >= 0.3 is 6.61 Å². The number of piperidine rings is 1. The Morgan fingerprint density at radius 1 is 1.38 bits per heavy atom. The molecular formula is C17H19F2N3O3S. The Bertz CT molecular complexity index is 783. The molecule has 2 aromatic rings. The number of alkyl halides is 2. The van der Waals surface area contributed by atoms with Crippen molar-refractivity contribution in [3.05, 3.63) is 36.0 Å². The van der Waals surface area contributed by atoms with Crippen LogP contribution < -0.4 is 10.1 Å². The lowest BCUT2D eigenvalue weighted by Crippen LogP contribution is -2.46. The molecule has 1 aliphatic heterocycles. The van der Waals surface area contributed by atoms with Crippen molar-refractivity contribution >= 4 is 28.2 Å². The molecule has 1 N–H and O–H groups in total. The summed E-state index contributed by atoms with van der Waals surface area (Å²) in [5.41, 5.74) is 0.875. The van der Waals surface area contributed by atoms with Gasteiger partial charge in [-0.1, -0.05) is 0 Å². The molecule has 140 valence electrons. The van der Waals surface area contributed by atoms with E-state index in [1.54, 1.807) is 18.4 Å². The Morgan fingerprint density at radius 2 is 2.12 bits per heavy atom. The second-order valence-corrected chi connectivity index (χ2v) is 7.42. The van der Waals surface area contributed by atoms with Crippen molar-refractivity contribution in [1.82, 2.24) is 14.6 Å². The van der Waals surface area contributed by atoms with Crippen molar-refractivity contribution in [2.45, 2.75) is 25.5 Å². The topological polar surface area (TPSA) is 77.5 Å². The molecule has 1 aliphatic rings. The maximum atomic E-state index is 12.4. The lowest BCUT2D eigenvalue weighted by atomic mass is 10.1. The number of halogens is 2. The Kier molecular flexibility index (Phi) is 5.90. The van der Waals surface area contributed by atoms with E-state index in [1.165, 1.54) is 18.3 Å². The molecular weight excluding hydrogens is 364 g/mol. The fraction of sp³-hybridized carbons (Fsp3) is 0.412. The van der Waals surface area contributed by atoms with Crippen LogP contribution in [0.15, 0.2) is 30.5 Å². The summed E-state index contributed by atoms with van der Waals surface area (Å²) in [5.74, 6) is -0.208. The molecule has 6 nitrogen and oxygen atoms in total. The van der Waals surface area contributed by atoms with Crippen LogP contribution in [-0.4, -0.2) is 51.7 Å². The maximum absolute atomic E-state index is 12.4. The zero-order chi connectivity index (χ0) is 18.7. The maximum Gasteiger partial charge on any atom is 0.387 e. The summed E-state index contributed by atoms with van der Waals surface area (Å²) < 4.78 is 42.2. The monoisotopic (exact) mass is 383 g/mol. The first kappa shape index (κ1) is 18.8. The molecule has 1 unspecified atom stereocenters. The van der Waals surface area contributed by atoms with Gasteiger partial charge in [-0.25, -0.2) is 0 Å². The zero-order valence-corrected chi connectivity index (χ0v) is 15.0. The second kappa shape index (κ2) is 8.15. The van der Waals surface area contributed by atoms with E-state index in [-0.39, 0.29) is 17.7 Å². The van der Waals surface area contributed by atoms with Gasteiger partial charge in [0.25, 0.3) is 5.91 Å². The third-order valence-electron chi connectivity index (χ3n) is 4.30. The first-order valence-corrected chi connectivity index (χ1v) is 9.68. The van der Waals surface area contributed by atoms with Gasteiger partial charge in [0.05, 0.1) is 11.1 Å². The summed E-state index contributed by atoms with van der Waals surface area (Å²) in [6.45, 7) is -1.54. The Hall–Kier alpha value is -1.97. The average Bonchev–Trinajstić information content (AvgIpc) is 2.61. The van der Waals surface area contributed by atoms with Gasteiger partial charge < -0.3 is 14.6 Å². The lowest BCUT2D eigenvalue weighted by molar-refractivity contribution is -0.0497. The number of carbonyl (C=O) groups excluding carboxylic acids is 1. The van der Waals surface area contributed by atoms with Crippen LogP contribution in [-0.2, 0) is 11.4 Å². The van der Waals surface area contributed by atoms with Crippen LogP contribution in [0.25, 0.3) is 10.9 Å². The molecule has 3 rings (SSSR count). The van der Waals surface area contributed by atoms with Gasteiger partial charge in [0, 0.05) is 48.1 Å². The van der Waals surface area contributed by atoms with Crippen LogP contribution in [0.4, 0.5) is 8.78 Å². The number of ether oxygens (including phenoxy) is 1. The van der Waals surface area contributed by atoms with E-state index in [0.717, 1.165) is 12.8 Å². The third-order valence-corrected chi connectivity index (χ3v) is 5.39. The molecule has 0 radical (unpaired) electrons. The van der Waals surface area contributed by atoms with E-state index in [4.69, 9.17) is 0 Å². The Labute approximate surface area is 152 Å². The first-order valence-electron chi connectivity index (χ1n) is 8.16. The van der Waals surface area contributed by atoms with E-state index in [2.05, 4.69) is 15.0 Å². The number of benzene rings is 1. The molecule has 9 heteroatoms. The molecule has 1 saturated heterocycles. The summed E-state index contributed by atoms with van der Waals surface area (Å²) in [5, 5.41) is 3.63. The predicted octanol–water partition coefficient (Wildman–Crippen LogP) is 2.32. The first-order chi connectivity index (χ1) is 12.4. The molecule has 26 heavy (non-hydrogen) atoms. The number of amides is 1. The summed E-state index contributed by atoms with van der Waals surface area (Å²) >= 11 is -0.984. The number of nitrogens with zero attached hydrogens (tertiary/aromatic N) is 2. The molecule has 1 aromatic carbocycles. The minimum Gasteiger partial charge on any atom is -0.598 e. The molecule has 1 amide bonds. The highest BCUT2D eigenvalue weighted by atomic mass is 32.2. The van der Waals surface area contributed by atoms with Crippen molar-refractivity contribution < 1.29 is 22.9 Å². The summed E-state index contributed by atoms with van der Waals surface area (Å²) in [6, 6.07) is 6.11. The van der Waals surface area contributed by atoms with Crippen molar-refractivity contribution in [2.75, 3.05) is 19.3 Å². The van der Waals surface area contributed by atoms with Gasteiger partial charge in [0.2, 0.25) is 0 Å². The molecule has 1 aromatic heterocycles. The normalized spacial score (nSPS) is 17.4. The molecule has 1 fully saturated rings. The fourth-order valence-electron chi connectivity index (χ4n) is 2.93. The van der Waals surface area contributed by atoms with Crippen LogP contribution in [0.5, 0.6) is 5.75 Å². The number of hydrogen-bond donors (Lipinski definition) is 1. The van der Waals surface area contributed by atoms with Gasteiger partial charge in [-0.2, -0.15) is 8.78 Å². The minimum absolute atomic E-state index is 0.0253. The lowest BCUT2D eigenvalue weighted by Gasteiger charge is -2.30. The summed E-state index contributed by atoms with van der Waals surface area (Å²) in [7, 11) is 0. The van der Waals surface area contributed by atoms with Crippen molar-refractivity contribution in [3.63, 3.8) is 0 Å². The SMILES string of the molecule is C[S+]([O-])N1CCC(NC(=O)c2cnc3cc(OC(F)F)ccc3c2)CC1. The number of fused-ring (bicyclic) bond motifs is 1. The van der Waals surface area contributed by atoms with E-state index in [9.17, 15) is 18.1 Å². The van der Waals surface area contributed by atoms with Crippen LogP contribution in [0, 0.1) is 0 Å². The van der Waals surface area contributed by atoms with E-state index < -0.39 is 18.0 Å². The highest BCUT2D eigenvalue weighted by molar-refractivity contribution is 7.88. The van der Waals surface area contributed by atoms with Gasteiger partial charge in [0.1, 0.15) is 12.0 Å². The van der Waals surface area contributed by atoms with Gasteiger partial charge in [-0.15, -0.1) is 4.31 Å². The van der Waals surface area contributed by atoms with E-state index in [0.29, 0.717) is 29.6 Å². The highest BCUT2D eigenvalue weighted by Crippen LogP contribution is 2.22. The van der Waals surface area contributed by atoms with Crippen molar-refractivity contribution in [2.24, 2.45) is 0 Å². The highest BCUT2D eigenvalue weighted by Gasteiger charge is 2.25. The quantitative estimate of drug-likeness (QED) is 0.802. The zero-order valence-electron chi connectivity index (χ0n) is 14.2. The Morgan fingerprint density at radius 3 is 2.77 bits per heavy atom. The van der Waals surface area contributed by atoms with E-state index >= 15 is 0 Å². The number of hydrogen-bond acceptors (Lipinski definition) is 5. The fourth-order valence-corrected chi connectivity index (χ4v) is 3.65. The number of aromatic nitrogens is 1. The average molecular weight is 383 g/mol. The van der Waals surface area contributed by atoms with Crippen molar-refractivity contribution in [3.8, 4) is 5.75 Å². The molecule has 2 heterocycles. The second-order valence-electron chi connectivity index (χ2n) is 6.06. The summed E-state index contributed by atoms with van der Waals surface area (Å²) in [6.07, 6.45) is 4.54. The largest absolute Gasteiger partial charge is 0.598 e. The van der Waals surface area contributed by atoms with Crippen LogP contribution in [0.3, 0.4) is 0 Å². The van der Waals surface area contributed by atoms with Gasteiger partial charge in [0.15, 0.2) is 0 Å². The van der Waals surface area contributed by atoms with Crippen LogP contribution in [0.1, 0.15) is 23.2 Å². The number of nitrogens with one attached hydrogen (secondary N) is 1. The minimum atomic E-state index is -2.89. The number of pyridine rings is 1. The molecule has 0 bridgehead atoms. The molecule has 0 saturated carbocycles. The van der Waals surface area contributed by atoms with Gasteiger partial charge in [-0.05, 0) is 31.0 Å². The molecule has 0 aliphatic carbocycles. The third kappa shape index (κ3) is 4.60. The van der Waals surface area contributed by atoms with Gasteiger partial charge in [-0.3, -0.25) is 9.78 Å². The van der Waals surface area contributed by atoms with Crippen LogP contribution >= 0.6 is 0 Å².